The highest BCUT2D eigenvalue weighted by molar-refractivity contribution is 7.16. The number of aromatic nitrogens is 1. The van der Waals surface area contributed by atoms with E-state index >= 15 is 0 Å². The van der Waals surface area contributed by atoms with Gasteiger partial charge in [0.15, 0.2) is 0 Å². The molecule has 0 spiro atoms. The summed E-state index contributed by atoms with van der Waals surface area (Å²) in [5.41, 5.74) is 9.55. The fraction of sp³-hybridized carbons (Fsp3) is 0.125. The number of benzene rings is 2. The van der Waals surface area contributed by atoms with Crippen molar-refractivity contribution in [3.63, 3.8) is 0 Å². The molecule has 0 bridgehead atoms. The van der Waals surface area contributed by atoms with Gasteiger partial charge in [0.25, 0.3) is 11.8 Å². The summed E-state index contributed by atoms with van der Waals surface area (Å²) in [5.74, 6) is -0.863. The molecule has 0 atom stereocenters. The van der Waals surface area contributed by atoms with Gasteiger partial charge in [-0.1, -0.05) is 48.9 Å². The Labute approximate surface area is 188 Å². The highest BCUT2D eigenvalue weighted by atomic mass is 35.5. The van der Waals surface area contributed by atoms with Crippen LogP contribution in [-0.4, -0.2) is 16.8 Å². The molecular formula is C24H20ClN3O2S. The van der Waals surface area contributed by atoms with Gasteiger partial charge < -0.3 is 11.1 Å². The smallest absolute Gasteiger partial charge is 0.257 e. The number of hydrogen-bond acceptors (Lipinski definition) is 4. The summed E-state index contributed by atoms with van der Waals surface area (Å²) in [7, 11) is 0. The number of amides is 2. The largest absolute Gasteiger partial charge is 0.365 e. The van der Waals surface area contributed by atoms with Gasteiger partial charge in [-0.05, 0) is 43.2 Å². The summed E-state index contributed by atoms with van der Waals surface area (Å²) >= 11 is 7.37. The fourth-order valence-corrected chi connectivity index (χ4v) is 4.93. The summed E-state index contributed by atoms with van der Waals surface area (Å²) < 4.78 is 0. The van der Waals surface area contributed by atoms with Crippen molar-refractivity contribution in [1.82, 2.24) is 4.98 Å². The number of primary amides is 1. The fourth-order valence-electron chi connectivity index (χ4n) is 3.66. The van der Waals surface area contributed by atoms with Gasteiger partial charge in [0, 0.05) is 20.8 Å². The molecule has 2 aromatic heterocycles. The quantitative estimate of drug-likeness (QED) is 0.401. The van der Waals surface area contributed by atoms with Crippen LogP contribution in [0.4, 0.5) is 5.00 Å². The Morgan fingerprint density at radius 3 is 2.52 bits per heavy atom. The lowest BCUT2D eigenvalue weighted by Gasteiger charge is -2.11. The van der Waals surface area contributed by atoms with E-state index in [0.29, 0.717) is 38.8 Å². The average molecular weight is 450 g/mol. The summed E-state index contributed by atoms with van der Waals surface area (Å²) in [6.07, 6.45) is 0.662. The summed E-state index contributed by atoms with van der Waals surface area (Å²) in [6, 6.07) is 16.5. The van der Waals surface area contributed by atoms with Gasteiger partial charge in [-0.3, -0.25) is 9.59 Å². The SMILES string of the molecule is CCc1c(C)sc(NC(=O)c2cc(-c3ccc(Cl)cc3)nc3ccccc23)c1C(N)=O. The first-order valence-electron chi connectivity index (χ1n) is 9.78. The number of nitrogens with zero attached hydrogens (tertiary/aromatic N) is 1. The molecule has 0 saturated heterocycles. The third-order valence-electron chi connectivity index (χ3n) is 5.14. The van der Waals surface area contributed by atoms with E-state index in [2.05, 4.69) is 5.32 Å². The number of pyridine rings is 1. The summed E-state index contributed by atoms with van der Waals surface area (Å²) in [4.78, 5) is 31.1. The number of fused-ring (bicyclic) bond motifs is 1. The number of hydrogen-bond donors (Lipinski definition) is 2. The molecule has 2 aromatic carbocycles. The van der Waals surface area contributed by atoms with Gasteiger partial charge in [-0.2, -0.15) is 0 Å². The predicted octanol–water partition coefficient (Wildman–Crippen LogP) is 5.84. The number of para-hydroxylation sites is 1. The molecule has 0 aliphatic heterocycles. The van der Waals surface area contributed by atoms with Crippen LogP contribution in [0.2, 0.25) is 5.02 Å². The first-order chi connectivity index (χ1) is 14.9. The number of thiophene rings is 1. The van der Waals surface area contributed by atoms with Crippen molar-refractivity contribution >= 4 is 50.7 Å². The maximum Gasteiger partial charge on any atom is 0.257 e. The highest BCUT2D eigenvalue weighted by Crippen LogP contribution is 2.34. The van der Waals surface area contributed by atoms with E-state index in [9.17, 15) is 9.59 Å². The van der Waals surface area contributed by atoms with Gasteiger partial charge in [-0.15, -0.1) is 11.3 Å². The molecule has 156 valence electrons. The van der Waals surface area contributed by atoms with Crippen LogP contribution >= 0.6 is 22.9 Å². The molecular weight excluding hydrogens is 430 g/mol. The number of nitrogens with two attached hydrogens (primary N) is 1. The van der Waals surface area contributed by atoms with E-state index in [0.717, 1.165) is 21.4 Å². The molecule has 0 radical (unpaired) electrons. The molecule has 4 aromatic rings. The number of aryl methyl sites for hydroxylation is 1. The minimum Gasteiger partial charge on any atom is -0.365 e. The Kier molecular flexibility index (Phi) is 5.76. The second-order valence-corrected chi connectivity index (χ2v) is 8.75. The second-order valence-electron chi connectivity index (χ2n) is 7.09. The third-order valence-corrected chi connectivity index (χ3v) is 6.45. The van der Waals surface area contributed by atoms with Crippen molar-refractivity contribution in [2.75, 3.05) is 5.32 Å². The van der Waals surface area contributed by atoms with Gasteiger partial charge in [-0.25, -0.2) is 4.98 Å². The third kappa shape index (κ3) is 4.04. The first-order valence-corrected chi connectivity index (χ1v) is 11.0. The molecule has 0 fully saturated rings. The van der Waals surface area contributed by atoms with E-state index in [-0.39, 0.29) is 5.91 Å². The Bertz CT molecular complexity index is 1310. The molecule has 31 heavy (non-hydrogen) atoms. The Hall–Kier alpha value is -3.22. The number of halogens is 1. The normalized spacial score (nSPS) is 10.9. The van der Waals surface area contributed by atoms with E-state index in [1.807, 2.05) is 50.2 Å². The highest BCUT2D eigenvalue weighted by Gasteiger charge is 2.22. The lowest BCUT2D eigenvalue weighted by atomic mass is 10.0. The Balaban J connectivity index is 1.81. The molecule has 0 unspecified atom stereocenters. The zero-order chi connectivity index (χ0) is 22.1. The lowest BCUT2D eigenvalue weighted by Crippen LogP contribution is -2.18. The Morgan fingerprint density at radius 1 is 1.13 bits per heavy atom. The summed E-state index contributed by atoms with van der Waals surface area (Å²) in [5, 5.41) is 4.74. The van der Waals surface area contributed by atoms with Crippen molar-refractivity contribution in [2.24, 2.45) is 5.73 Å². The van der Waals surface area contributed by atoms with Gasteiger partial charge in [0.1, 0.15) is 5.00 Å². The van der Waals surface area contributed by atoms with Crippen molar-refractivity contribution in [1.29, 1.82) is 0 Å². The number of rotatable bonds is 5. The lowest BCUT2D eigenvalue weighted by molar-refractivity contribution is 0.100. The zero-order valence-corrected chi connectivity index (χ0v) is 18.6. The molecule has 4 rings (SSSR count). The number of nitrogens with one attached hydrogen (secondary N) is 1. The van der Waals surface area contributed by atoms with Crippen LogP contribution in [0.15, 0.2) is 54.6 Å². The van der Waals surface area contributed by atoms with Gasteiger partial charge in [0.05, 0.1) is 22.3 Å². The van der Waals surface area contributed by atoms with Crippen molar-refractivity contribution in [3.05, 3.63) is 81.2 Å². The van der Waals surface area contributed by atoms with E-state index in [1.54, 1.807) is 18.2 Å². The molecule has 2 amide bonds. The van der Waals surface area contributed by atoms with Crippen molar-refractivity contribution in [2.45, 2.75) is 20.3 Å². The molecule has 0 aliphatic rings. The standard InChI is InChI=1S/C24H20ClN3O2S/c1-3-16-13(2)31-24(21(16)22(26)29)28-23(30)18-12-20(14-8-10-15(25)11-9-14)27-19-7-5-4-6-17(18)19/h4-12H,3H2,1-2H3,(H2,26,29)(H,28,30). The predicted molar refractivity (Wildman–Crippen MR) is 127 cm³/mol. The maximum absolute atomic E-state index is 13.3. The number of carbonyl (C=O) groups excluding carboxylic acids is 2. The van der Waals surface area contributed by atoms with E-state index < -0.39 is 5.91 Å². The second kappa shape index (κ2) is 8.49. The van der Waals surface area contributed by atoms with Crippen LogP contribution in [0, 0.1) is 6.92 Å². The van der Waals surface area contributed by atoms with Gasteiger partial charge in [0.2, 0.25) is 0 Å². The molecule has 0 saturated carbocycles. The molecule has 2 heterocycles. The van der Waals surface area contributed by atoms with E-state index in [1.165, 1.54) is 11.3 Å². The van der Waals surface area contributed by atoms with Gasteiger partial charge >= 0.3 is 0 Å². The van der Waals surface area contributed by atoms with Crippen LogP contribution in [0.1, 0.15) is 38.1 Å². The first kappa shape index (κ1) is 21.0. The summed E-state index contributed by atoms with van der Waals surface area (Å²) in [6.45, 7) is 3.88. The van der Waals surface area contributed by atoms with Crippen LogP contribution in [0.25, 0.3) is 22.2 Å². The maximum atomic E-state index is 13.3. The topological polar surface area (TPSA) is 85.1 Å². The molecule has 0 aliphatic carbocycles. The average Bonchev–Trinajstić information content (AvgIpc) is 3.08. The van der Waals surface area contributed by atoms with Crippen molar-refractivity contribution in [3.8, 4) is 11.3 Å². The Morgan fingerprint density at radius 2 is 1.84 bits per heavy atom. The van der Waals surface area contributed by atoms with Crippen molar-refractivity contribution < 1.29 is 9.59 Å². The van der Waals surface area contributed by atoms with Crippen LogP contribution in [0.5, 0.6) is 0 Å². The molecule has 5 nitrogen and oxygen atoms in total. The number of carbonyl (C=O) groups is 2. The minimum atomic E-state index is -0.544. The number of anilines is 1. The van der Waals surface area contributed by atoms with Crippen LogP contribution < -0.4 is 11.1 Å². The molecule has 7 heteroatoms. The minimum absolute atomic E-state index is 0.319. The van der Waals surface area contributed by atoms with Crippen LogP contribution in [-0.2, 0) is 6.42 Å². The van der Waals surface area contributed by atoms with E-state index in [4.69, 9.17) is 22.3 Å². The van der Waals surface area contributed by atoms with Crippen LogP contribution in [0.3, 0.4) is 0 Å². The monoisotopic (exact) mass is 449 g/mol. The zero-order valence-electron chi connectivity index (χ0n) is 17.0. The molecule has 3 N–H and O–H groups in total.